The topological polar surface area (TPSA) is 87.8 Å². The van der Waals surface area contributed by atoms with Gasteiger partial charge in [0.25, 0.3) is 5.91 Å². The Bertz CT molecular complexity index is 1540. The fraction of sp³-hybridized carbons (Fsp3) is 0.280. The molecule has 204 valence electrons. The van der Waals surface area contributed by atoms with Crippen LogP contribution in [-0.4, -0.2) is 49.4 Å². The molecule has 1 saturated heterocycles. The number of fused-ring (bicyclic) bond motifs is 1. The summed E-state index contributed by atoms with van der Waals surface area (Å²) in [5, 5.41) is 14.4. The highest BCUT2D eigenvalue weighted by atomic mass is 32.2. The normalized spacial score (nSPS) is 19.4. The number of carbonyl (C=O) groups excluding carboxylic acids is 1. The van der Waals surface area contributed by atoms with Crippen LogP contribution >= 0.6 is 11.8 Å². The fourth-order valence-electron chi connectivity index (χ4n) is 4.56. The Hall–Kier alpha value is -3.81. The predicted molar refractivity (Wildman–Crippen MR) is 131 cm³/mol. The number of rotatable bonds is 4. The van der Waals surface area contributed by atoms with Crippen LogP contribution in [0.25, 0.3) is 17.0 Å². The summed E-state index contributed by atoms with van der Waals surface area (Å²) in [6, 6.07) is 5.62. The van der Waals surface area contributed by atoms with Crippen molar-refractivity contribution in [2.45, 2.75) is 37.8 Å². The largest absolute Gasteiger partial charge is 0.480 e. The van der Waals surface area contributed by atoms with Gasteiger partial charge in [-0.15, -0.1) is 0 Å². The van der Waals surface area contributed by atoms with E-state index in [4.69, 9.17) is 0 Å². The monoisotopic (exact) mass is 568 g/mol. The number of carboxylic acids is 1. The maximum atomic E-state index is 13.6. The molecule has 1 aromatic heterocycles. The van der Waals surface area contributed by atoms with Crippen LogP contribution in [0, 0.1) is 0 Å². The molecule has 2 aromatic carbocycles. The SMILES string of the molecule is O=C1N=C(N2CCC[C@@H]2C(=O)O)S/C1=C\c1ccc2c(cnn2Cc2ccc(C(F)(F)F)cc2C(F)(F)F)c1. The van der Waals surface area contributed by atoms with Crippen LogP contribution in [0.3, 0.4) is 0 Å². The minimum absolute atomic E-state index is 0.0960. The van der Waals surface area contributed by atoms with Crippen LogP contribution in [-0.2, 0) is 28.5 Å². The molecule has 0 unspecified atom stereocenters. The number of hydrogen-bond donors (Lipinski definition) is 1. The molecule has 2 aliphatic rings. The molecule has 7 nitrogen and oxygen atoms in total. The minimum atomic E-state index is -5.00. The molecule has 3 aromatic rings. The standard InChI is InChI=1S/C25H18F6N4O3S/c26-24(27,28)16-5-4-14(17(10-16)25(29,30)31)12-35-18-6-3-13(8-15(18)11-32-35)9-20-21(36)33-23(39-20)34-7-1-2-19(34)22(37)38/h3-6,8-11,19H,1-2,7,12H2,(H,37,38)/b20-9-/t19-/m1/s1. The molecule has 2 aliphatic heterocycles. The van der Waals surface area contributed by atoms with Crippen LogP contribution in [0.4, 0.5) is 26.3 Å². The minimum Gasteiger partial charge on any atom is -0.480 e. The van der Waals surface area contributed by atoms with Crippen molar-refractivity contribution in [3.63, 3.8) is 0 Å². The van der Waals surface area contributed by atoms with Gasteiger partial charge in [0.2, 0.25) is 0 Å². The van der Waals surface area contributed by atoms with E-state index in [0.717, 1.165) is 17.8 Å². The lowest BCUT2D eigenvalue weighted by Crippen LogP contribution is -2.38. The molecule has 0 saturated carbocycles. The fourth-order valence-corrected chi connectivity index (χ4v) is 5.55. The van der Waals surface area contributed by atoms with E-state index in [9.17, 15) is 41.0 Å². The van der Waals surface area contributed by atoms with Crippen molar-refractivity contribution < 1.29 is 41.0 Å². The van der Waals surface area contributed by atoms with Gasteiger partial charge in [-0.25, -0.2) is 4.79 Å². The third kappa shape index (κ3) is 5.37. The van der Waals surface area contributed by atoms with Crippen LogP contribution in [0.15, 0.2) is 52.5 Å². The van der Waals surface area contributed by atoms with Gasteiger partial charge in [0, 0.05) is 11.9 Å². The van der Waals surface area contributed by atoms with Crippen LogP contribution in [0.5, 0.6) is 0 Å². The molecule has 1 atom stereocenters. The number of aliphatic imine (C=N–C) groups is 1. The second-order valence-corrected chi connectivity index (χ2v) is 10.00. The molecule has 1 fully saturated rings. The van der Waals surface area contributed by atoms with Crippen LogP contribution in [0.1, 0.15) is 35.1 Å². The lowest BCUT2D eigenvalue weighted by Gasteiger charge is -2.21. The Morgan fingerprint density at radius 1 is 1.10 bits per heavy atom. The van der Waals surface area contributed by atoms with E-state index in [-0.39, 0.29) is 16.5 Å². The van der Waals surface area contributed by atoms with E-state index < -0.39 is 47.9 Å². The van der Waals surface area contributed by atoms with Crippen molar-refractivity contribution in [2.75, 3.05) is 6.54 Å². The van der Waals surface area contributed by atoms with Crippen molar-refractivity contribution in [2.24, 2.45) is 4.99 Å². The number of carbonyl (C=O) groups is 2. The van der Waals surface area contributed by atoms with Gasteiger partial charge in [0.05, 0.1) is 34.3 Å². The molecule has 1 N–H and O–H groups in total. The number of nitrogens with zero attached hydrogens (tertiary/aromatic N) is 4. The molecular weight excluding hydrogens is 550 g/mol. The number of amidine groups is 1. The summed E-state index contributed by atoms with van der Waals surface area (Å²) in [4.78, 5) is 29.8. The van der Waals surface area contributed by atoms with Gasteiger partial charge in [-0.1, -0.05) is 12.1 Å². The Kier molecular flexibility index (Phi) is 6.69. The molecule has 39 heavy (non-hydrogen) atoms. The average molecular weight is 568 g/mol. The van der Waals surface area contributed by atoms with E-state index in [1.165, 1.54) is 10.9 Å². The molecule has 1 amide bonds. The third-order valence-corrected chi connectivity index (χ3v) is 7.44. The number of halogens is 6. The summed E-state index contributed by atoms with van der Waals surface area (Å²) in [6.45, 7) is 0.0620. The van der Waals surface area contributed by atoms with Crippen molar-refractivity contribution in [1.29, 1.82) is 0 Å². The number of aliphatic carboxylic acids is 1. The van der Waals surface area contributed by atoms with Gasteiger partial charge in [-0.05, 0) is 66.1 Å². The summed E-state index contributed by atoms with van der Waals surface area (Å²) in [6.07, 6.45) is -5.81. The maximum absolute atomic E-state index is 13.6. The van der Waals surface area contributed by atoms with E-state index in [1.807, 2.05) is 0 Å². The van der Waals surface area contributed by atoms with Gasteiger partial charge < -0.3 is 10.0 Å². The number of likely N-dealkylation sites (tertiary alicyclic amines) is 1. The van der Waals surface area contributed by atoms with Gasteiger partial charge in [0.15, 0.2) is 5.17 Å². The van der Waals surface area contributed by atoms with Crippen molar-refractivity contribution in [1.82, 2.24) is 14.7 Å². The molecule has 14 heteroatoms. The summed E-state index contributed by atoms with van der Waals surface area (Å²) in [5.41, 5.74) is -2.13. The first kappa shape index (κ1) is 26.8. The number of hydrogen-bond acceptors (Lipinski definition) is 5. The van der Waals surface area contributed by atoms with E-state index in [0.29, 0.717) is 47.1 Å². The Labute approximate surface area is 220 Å². The first-order chi connectivity index (χ1) is 18.3. The Balaban J connectivity index is 1.38. The van der Waals surface area contributed by atoms with Crippen molar-refractivity contribution >= 4 is 45.8 Å². The summed E-state index contributed by atoms with van der Waals surface area (Å²) >= 11 is 1.07. The predicted octanol–water partition coefficient (Wildman–Crippen LogP) is 5.64. The molecular formula is C25H18F6N4O3S. The third-order valence-electron chi connectivity index (χ3n) is 6.42. The molecule has 0 aliphatic carbocycles. The molecule has 0 radical (unpaired) electrons. The number of amides is 1. The highest BCUT2D eigenvalue weighted by molar-refractivity contribution is 8.18. The highest BCUT2D eigenvalue weighted by Crippen LogP contribution is 2.38. The van der Waals surface area contributed by atoms with Crippen LogP contribution < -0.4 is 0 Å². The zero-order valence-electron chi connectivity index (χ0n) is 19.8. The average Bonchev–Trinajstić information content (AvgIpc) is 3.57. The maximum Gasteiger partial charge on any atom is 0.416 e. The van der Waals surface area contributed by atoms with Gasteiger partial charge in [-0.3, -0.25) is 9.48 Å². The quantitative estimate of drug-likeness (QED) is 0.324. The lowest BCUT2D eigenvalue weighted by molar-refractivity contribution is -0.144. The van der Waals surface area contributed by atoms with Gasteiger partial charge >= 0.3 is 18.3 Å². The molecule has 0 spiro atoms. The van der Waals surface area contributed by atoms with Crippen molar-refractivity contribution in [3.05, 3.63) is 69.8 Å². The molecule has 0 bridgehead atoms. The second-order valence-electron chi connectivity index (χ2n) is 8.99. The van der Waals surface area contributed by atoms with E-state index in [1.54, 1.807) is 29.2 Å². The van der Waals surface area contributed by atoms with E-state index in [2.05, 4.69) is 10.1 Å². The second kappa shape index (κ2) is 9.74. The zero-order valence-corrected chi connectivity index (χ0v) is 20.6. The van der Waals surface area contributed by atoms with Crippen molar-refractivity contribution in [3.8, 4) is 0 Å². The molecule has 5 rings (SSSR count). The summed E-state index contributed by atoms with van der Waals surface area (Å²) in [7, 11) is 0. The zero-order chi connectivity index (χ0) is 28.1. The highest BCUT2D eigenvalue weighted by Gasteiger charge is 2.39. The van der Waals surface area contributed by atoms with Crippen LogP contribution in [0.2, 0.25) is 0 Å². The summed E-state index contributed by atoms with van der Waals surface area (Å²) in [5.74, 6) is -1.49. The first-order valence-corrected chi connectivity index (χ1v) is 12.4. The van der Waals surface area contributed by atoms with E-state index >= 15 is 0 Å². The number of aromatic nitrogens is 2. The number of carboxylic acid groups (broad SMARTS) is 1. The van der Waals surface area contributed by atoms with Gasteiger partial charge in [0.1, 0.15) is 6.04 Å². The molecule has 3 heterocycles. The summed E-state index contributed by atoms with van der Waals surface area (Å²) < 4.78 is 80.9. The number of thioether (sulfide) groups is 1. The smallest absolute Gasteiger partial charge is 0.416 e. The van der Waals surface area contributed by atoms with Gasteiger partial charge in [-0.2, -0.15) is 36.4 Å². The number of alkyl halides is 6. The lowest BCUT2D eigenvalue weighted by atomic mass is 10.0. The number of benzene rings is 2. The Morgan fingerprint density at radius 3 is 2.56 bits per heavy atom. The first-order valence-electron chi connectivity index (χ1n) is 11.6. The Morgan fingerprint density at radius 2 is 1.87 bits per heavy atom.